The Kier molecular flexibility index (Phi) is 5.04. The predicted octanol–water partition coefficient (Wildman–Crippen LogP) is 4.14. The zero-order chi connectivity index (χ0) is 13.5. The second kappa shape index (κ2) is 7.00. The normalized spacial score (nSPS) is 10.2. The van der Waals surface area contributed by atoms with Gasteiger partial charge in [-0.3, -0.25) is 0 Å². The lowest BCUT2D eigenvalue weighted by Gasteiger charge is -2.08. The number of nitrogens with one attached hydrogen (secondary N) is 1. The van der Waals surface area contributed by atoms with Crippen LogP contribution in [0.3, 0.4) is 0 Å². The summed E-state index contributed by atoms with van der Waals surface area (Å²) >= 11 is 5.83. The number of rotatable bonds is 6. The van der Waals surface area contributed by atoms with Crippen LogP contribution in [0.2, 0.25) is 5.02 Å². The molecule has 0 atom stereocenters. The smallest absolute Gasteiger partial charge is 0.126 e. The van der Waals surface area contributed by atoms with Crippen LogP contribution in [0.4, 0.5) is 5.82 Å². The van der Waals surface area contributed by atoms with Gasteiger partial charge in [0.15, 0.2) is 0 Å². The first-order chi connectivity index (χ1) is 9.28. The summed E-state index contributed by atoms with van der Waals surface area (Å²) in [5, 5.41) is 3.97. The molecule has 0 unspecified atom stereocenters. The summed E-state index contributed by atoms with van der Waals surface area (Å²) in [4.78, 5) is 4.26. The summed E-state index contributed by atoms with van der Waals surface area (Å²) in [6.45, 7) is 3.57. The Morgan fingerprint density at radius 1 is 1.21 bits per heavy atom. The maximum absolute atomic E-state index is 5.83. The van der Waals surface area contributed by atoms with Crippen molar-refractivity contribution in [3.05, 3.63) is 53.2 Å². The third-order valence-corrected chi connectivity index (χ3v) is 2.85. The molecule has 0 spiro atoms. The molecule has 0 fully saturated rings. The van der Waals surface area contributed by atoms with Crippen LogP contribution in [0.5, 0.6) is 5.75 Å². The number of hydrogen-bond acceptors (Lipinski definition) is 3. The lowest BCUT2D eigenvalue weighted by molar-refractivity contribution is 0.306. The van der Waals surface area contributed by atoms with Gasteiger partial charge >= 0.3 is 0 Å². The van der Waals surface area contributed by atoms with Gasteiger partial charge in [0, 0.05) is 17.8 Å². The number of halogens is 1. The SMILES string of the molecule is CCCNc1cc(COc2ccc(Cl)cc2)ccn1. The molecular weight excluding hydrogens is 260 g/mol. The topological polar surface area (TPSA) is 34.1 Å². The summed E-state index contributed by atoms with van der Waals surface area (Å²) < 4.78 is 5.69. The van der Waals surface area contributed by atoms with Crippen molar-refractivity contribution in [2.45, 2.75) is 20.0 Å². The number of aromatic nitrogens is 1. The zero-order valence-corrected chi connectivity index (χ0v) is 11.7. The van der Waals surface area contributed by atoms with Crippen molar-refractivity contribution >= 4 is 17.4 Å². The van der Waals surface area contributed by atoms with Crippen LogP contribution < -0.4 is 10.1 Å². The molecule has 4 heteroatoms. The Labute approximate surface area is 118 Å². The molecule has 3 nitrogen and oxygen atoms in total. The van der Waals surface area contributed by atoms with Crippen molar-refractivity contribution < 1.29 is 4.74 Å². The third kappa shape index (κ3) is 4.45. The first kappa shape index (κ1) is 13.7. The second-order valence-electron chi connectivity index (χ2n) is 4.22. The van der Waals surface area contributed by atoms with Gasteiger partial charge in [-0.05, 0) is 48.4 Å². The van der Waals surface area contributed by atoms with E-state index in [0.717, 1.165) is 30.1 Å². The molecule has 0 radical (unpaired) electrons. The lowest BCUT2D eigenvalue weighted by Crippen LogP contribution is -2.03. The van der Waals surface area contributed by atoms with E-state index >= 15 is 0 Å². The van der Waals surface area contributed by atoms with Crippen LogP contribution >= 0.6 is 11.6 Å². The highest BCUT2D eigenvalue weighted by Crippen LogP contribution is 2.17. The first-order valence-electron chi connectivity index (χ1n) is 6.35. The van der Waals surface area contributed by atoms with Gasteiger partial charge in [-0.15, -0.1) is 0 Å². The minimum Gasteiger partial charge on any atom is -0.489 e. The van der Waals surface area contributed by atoms with E-state index in [1.54, 1.807) is 6.20 Å². The molecule has 0 saturated carbocycles. The van der Waals surface area contributed by atoms with Gasteiger partial charge in [0.1, 0.15) is 18.2 Å². The molecule has 2 rings (SSSR count). The molecule has 0 aliphatic rings. The van der Waals surface area contributed by atoms with Crippen LogP contribution in [0, 0.1) is 0 Å². The predicted molar refractivity (Wildman–Crippen MR) is 78.8 cm³/mol. The summed E-state index contributed by atoms with van der Waals surface area (Å²) in [6.07, 6.45) is 2.87. The number of nitrogens with zero attached hydrogens (tertiary/aromatic N) is 1. The van der Waals surface area contributed by atoms with Gasteiger partial charge in [0.2, 0.25) is 0 Å². The highest BCUT2D eigenvalue weighted by atomic mass is 35.5. The average molecular weight is 277 g/mol. The van der Waals surface area contributed by atoms with E-state index in [0.29, 0.717) is 11.6 Å². The number of benzene rings is 1. The van der Waals surface area contributed by atoms with Crippen LogP contribution in [0.15, 0.2) is 42.6 Å². The summed E-state index contributed by atoms with van der Waals surface area (Å²) in [5.41, 5.74) is 1.09. The fraction of sp³-hybridized carbons (Fsp3) is 0.267. The molecule has 1 aromatic carbocycles. The van der Waals surface area contributed by atoms with E-state index in [1.165, 1.54) is 0 Å². The molecule has 2 aromatic rings. The van der Waals surface area contributed by atoms with Gasteiger partial charge in [0.25, 0.3) is 0 Å². The molecule has 0 saturated heterocycles. The quantitative estimate of drug-likeness (QED) is 0.861. The van der Waals surface area contributed by atoms with Crippen molar-refractivity contribution in [1.82, 2.24) is 4.98 Å². The van der Waals surface area contributed by atoms with Crippen molar-refractivity contribution in [2.75, 3.05) is 11.9 Å². The van der Waals surface area contributed by atoms with Crippen molar-refractivity contribution in [2.24, 2.45) is 0 Å². The van der Waals surface area contributed by atoms with E-state index in [4.69, 9.17) is 16.3 Å². The van der Waals surface area contributed by atoms with E-state index in [-0.39, 0.29) is 0 Å². The van der Waals surface area contributed by atoms with Crippen molar-refractivity contribution in [3.8, 4) is 5.75 Å². The van der Waals surface area contributed by atoms with E-state index in [1.807, 2.05) is 36.4 Å². The van der Waals surface area contributed by atoms with Gasteiger partial charge in [0.05, 0.1) is 0 Å². The lowest BCUT2D eigenvalue weighted by atomic mass is 10.2. The van der Waals surface area contributed by atoms with Gasteiger partial charge < -0.3 is 10.1 Å². The van der Waals surface area contributed by atoms with Gasteiger partial charge in [-0.25, -0.2) is 4.98 Å². The maximum atomic E-state index is 5.83. The van der Waals surface area contributed by atoms with Crippen LogP contribution in [0.1, 0.15) is 18.9 Å². The van der Waals surface area contributed by atoms with Gasteiger partial charge in [-0.2, -0.15) is 0 Å². The molecule has 0 amide bonds. The van der Waals surface area contributed by atoms with Crippen LogP contribution in [-0.4, -0.2) is 11.5 Å². The Hall–Kier alpha value is -1.74. The fourth-order valence-electron chi connectivity index (χ4n) is 1.61. The standard InChI is InChI=1S/C15H17ClN2O/c1-2-8-17-15-10-12(7-9-18-15)11-19-14-5-3-13(16)4-6-14/h3-7,9-10H,2,8,11H2,1H3,(H,17,18). The minimum atomic E-state index is 0.519. The molecule has 1 N–H and O–H groups in total. The summed E-state index contributed by atoms with van der Waals surface area (Å²) in [6, 6.07) is 11.3. The largest absolute Gasteiger partial charge is 0.489 e. The number of anilines is 1. The molecule has 0 aliphatic carbocycles. The van der Waals surface area contributed by atoms with Crippen molar-refractivity contribution in [1.29, 1.82) is 0 Å². The number of hydrogen-bond donors (Lipinski definition) is 1. The zero-order valence-electron chi connectivity index (χ0n) is 10.9. The molecular formula is C15H17ClN2O. The molecule has 0 aliphatic heterocycles. The van der Waals surface area contributed by atoms with E-state index in [2.05, 4.69) is 17.2 Å². The monoisotopic (exact) mass is 276 g/mol. The number of pyridine rings is 1. The third-order valence-electron chi connectivity index (χ3n) is 2.60. The van der Waals surface area contributed by atoms with Crippen LogP contribution in [0.25, 0.3) is 0 Å². The fourth-order valence-corrected chi connectivity index (χ4v) is 1.74. The molecule has 19 heavy (non-hydrogen) atoms. The van der Waals surface area contributed by atoms with E-state index in [9.17, 15) is 0 Å². The molecule has 0 bridgehead atoms. The van der Waals surface area contributed by atoms with Gasteiger partial charge in [-0.1, -0.05) is 18.5 Å². The van der Waals surface area contributed by atoms with E-state index < -0.39 is 0 Å². The Morgan fingerprint density at radius 2 is 2.00 bits per heavy atom. The summed E-state index contributed by atoms with van der Waals surface area (Å²) in [5.74, 6) is 1.70. The Morgan fingerprint density at radius 3 is 2.74 bits per heavy atom. The second-order valence-corrected chi connectivity index (χ2v) is 4.66. The Balaban J connectivity index is 1.93. The molecule has 100 valence electrons. The first-order valence-corrected chi connectivity index (χ1v) is 6.73. The highest BCUT2D eigenvalue weighted by Gasteiger charge is 1.99. The molecule has 1 heterocycles. The Bertz CT molecular complexity index is 514. The van der Waals surface area contributed by atoms with Crippen molar-refractivity contribution in [3.63, 3.8) is 0 Å². The highest BCUT2D eigenvalue weighted by molar-refractivity contribution is 6.30. The maximum Gasteiger partial charge on any atom is 0.126 e. The molecule has 1 aromatic heterocycles. The average Bonchev–Trinajstić information content (AvgIpc) is 2.45. The minimum absolute atomic E-state index is 0.519. The van der Waals surface area contributed by atoms with Crippen LogP contribution in [-0.2, 0) is 6.61 Å². The summed E-state index contributed by atoms with van der Waals surface area (Å²) in [7, 11) is 0. The number of ether oxygens (including phenoxy) is 1.